The zero-order chi connectivity index (χ0) is 21.3. The van der Waals surface area contributed by atoms with E-state index in [0.29, 0.717) is 19.1 Å². The van der Waals surface area contributed by atoms with Crippen molar-refractivity contribution in [3.05, 3.63) is 24.0 Å². The van der Waals surface area contributed by atoms with Gasteiger partial charge in [-0.15, -0.1) is 34.2 Å². The van der Waals surface area contributed by atoms with Crippen LogP contribution in [-0.4, -0.2) is 53.8 Å². The van der Waals surface area contributed by atoms with E-state index < -0.39 is 0 Å². The number of nitrogens with one attached hydrogen (secondary N) is 2. The molecule has 0 radical (unpaired) electrons. The van der Waals surface area contributed by atoms with Gasteiger partial charge in [0, 0.05) is 44.7 Å². The van der Waals surface area contributed by atoms with Crippen LogP contribution in [0.3, 0.4) is 0 Å². The Bertz CT molecular complexity index is 858. The molecule has 1 aliphatic heterocycles. The van der Waals surface area contributed by atoms with E-state index in [9.17, 15) is 0 Å². The van der Waals surface area contributed by atoms with Crippen LogP contribution < -0.4 is 20.1 Å². The van der Waals surface area contributed by atoms with E-state index in [4.69, 9.17) is 9.47 Å². The summed E-state index contributed by atoms with van der Waals surface area (Å²) in [7, 11) is 1.77. The molecule has 0 aliphatic carbocycles. The van der Waals surface area contributed by atoms with E-state index in [1.807, 2.05) is 24.5 Å². The fraction of sp³-hybridized carbons (Fsp3) is 0.571. The maximum Gasteiger partial charge on any atom is 0.195 e. The van der Waals surface area contributed by atoms with E-state index in [0.717, 1.165) is 66.5 Å². The first-order valence-electron chi connectivity index (χ1n) is 10.4. The lowest BCUT2D eigenvalue weighted by atomic mass is 10.2. The monoisotopic (exact) mass is 560 g/mol. The van der Waals surface area contributed by atoms with Crippen LogP contribution in [0.5, 0.6) is 11.5 Å². The van der Waals surface area contributed by atoms with E-state index in [1.54, 1.807) is 18.8 Å². The minimum absolute atomic E-state index is 0. The summed E-state index contributed by atoms with van der Waals surface area (Å²) in [4.78, 5) is 4.32. The lowest BCUT2D eigenvalue weighted by Gasteiger charge is -2.14. The second-order valence-corrected chi connectivity index (χ2v) is 8.32. The number of nitrogens with zero attached hydrogens (tertiary/aromatic N) is 4. The number of aromatic nitrogens is 3. The summed E-state index contributed by atoms with van der Waals surface area (Å²) < 4.78 is 13.7. The molecule has 0 saturated carbocycles. The van der Waals surface area contributed by atoms with Crippen molar-refractivity contribution in [3.8, 4) is 11.5 Å². The maximum absolute atomic E-state index is 5.76. The summed E-state index contributed by atoms with van der Waals surface area (Å²) in [6.07, 6.45) is 4.74. The summed E-state index contributed by atoms with van der Waals surface area (Å²) in [5.41, 5.74) is 0.911. The Kier molecular flexibility index (Phi) is 10.7. The Morgan fingerprint density at radius 1 is 1.23 bits per heavy atom. The minimum Gasteiger partial charge on any atom is -0.490 e. The lowest BCUT2D eigenvalue weighted by molar-refractivity contribution is 0.297. The molecule has 172 valence electrons. The van der Waals surface area contributed by atoms with E-state index >= 15 is 0 Å². The van der Waals surface area contributed by atoms with Crippen molar-refractivity contribution < 1.29 is 9.47 Å². The van der Waals surface area contributed by atoms with Gasteiger partial charge in [-0.3, -0.25) is 4.99 Å². The van der Waals surface area contributed by atoms with Crippen LogP contribution in [0.25, 0.3) is 0 Å². The van der Waals surface area contributed by atoms with Crippen LogP contribution in [0.4, 0.5) is 5.69 Å². The van der Waals surface area contributed by atoms with E-state index in [1.165, 1.54) is 0 Å². The fourth-order valence-corrected chi connectivity index (χ4v) is 3.74. The van der Waals surface area contributed by atoms with Gasteiger partial charge in [0.05, 0.1) is 13.2 Å². The van der Waals surface area contributed by atoms with Gasteiger partial charge in [0.15, 0.2) is 22.6 Å². The minimum atomic E-state index is 0. The Balaban J connectivity index is 0.00000341. The number of thioether (sulfide) groups is 1. The second-order valence-electron chi connectivity index (χ2n) is 7.55. The topological polar surface area (TPSA) is 85.6 Å². The van der Waals surface area contributed by atoms with Crippen LogP contribution in [0.15, 0.2) is 28.3 Å². The van der Waals surface area contributed by atoms with Crippen molar-refractivity contribution in [2.75, 3.05) is 38.4 Å². The number of aryl methyl sites for hydroxylation is 1. The van der Waals surface area contributed by atoms with Crippen molar-refractivity contribution in [3.63, 3.8) is 0 Å². The van der Waals surface area contributed by atoms with Gasteiger partial charge in [0.2, 0.25) is 0 Å². The first-order valence-corrected chi connectivity index (χ1v) is 11.7. The number of rotatable bonds is 8. The zero-order valence-corrected chi connectivity index (χ0v) is 21.8. The first-order chi connectivity index (χ1) is 14.6. The van der Waals surface area contributed by atoms with Gasteiger partial charge in [0.1, 0.15) is 5.82 Å². The van der Waals surface area contributed by atoms with Crippen molar-refractivity contribution in [1.82, 2.24) is 20.1 Å². The predicted octanol–water partition coefficient (Wildman–Crippen LogP) is 4.06. The normalized spacial score (nSPS) is 13.5. The molecule has 0 fully saturated rings. The first kappa shape index (κ1) is 25.6. The molecule has 0 bridgehead atoms. The van der Waals surface area contributed by atoms with Gasteiger partial charge in [-0.1, -0.05) is 25.6 Å². The van der Waals surface area contributed by atoms with Crippen LogP contribution in [0, 0.1) is 5.92 Å². The molecule has 1 aliphatic rings. The highest BCUT2D eigenvalue weighted by atomic mass is 127. The van der Waals surface area contributed by atoms with Crippen molar-refractivity contribution in [2.45, 2.75) is 44.8 Å². The molecule has 0 amide bonds. The summed E-state index contributed by atoms with van der Waals surface area (Å²) in [5, 5.41) is 16.4. The average molecular weight is 561 g/mol. The molecule has 0 saturated heterocycles. The molecule has 0 atom stereocenters. The number of hydrogen-bond acceptors (Lipinski definition) is 6. The SMILES string of the molecule is CN=C(NCCCc1nnc(SC)n1CC(C)C)Nc1ccc2c(c1)OCCCO2.I. The van der Waals surface area contributed by atoms with Gasteiger partial charge in [-0.2, -0.15) is 0 Å². The third-order valence-electron chi connectivity index (χ3n) is 4.63. The highest BCUT2D eigenvalue weighted by Crippen LogP contribution is 2.32. The number of hydrogen-bond donors (Lipinski definition) is 2. The number of aliphatic imine (C=N–C) groups is 1. The summed E-state index contributed by atoms with van der Waals surface area (Å²) in [6.45, 7) is 7.51. The average Bonchev–Trinajstić information content (AvgIpc) is 2.95. The van der Waals surface area contributed by atoms with Crippen molar-refractivity contribution >= 4 is 47.4 Å². The van der Waals surface area contributed by atoms with Crippen LogP contribution in [0.2, 0.25) is 0 Å². The van der Waals surface area contributed by atoms with Crippen LogP contribution in [-0.2, 0) is 13.0 Å². The second kappa shape index (κ2) is 13.0. The molecule has 8 nitrogen and oxygen atoms in total. The third-order valence-corrected chi connectivity index (χ3v) is 5.29. The number of anilines is 1. The molecule has 1 aromatic heterocycles. The van der Waals surface area contributed by atoms with Gasteiger partial charge in [-0.05, 0) is 30.7 Å². The number of fused-ring (bicyclic) bond motifs is 1. The zero-order valence-electron chi connectivity index (χ0n) is 18.7. The fourth-order valence-electron chi connectivity index (χ4n) is 3.21. The van der Waals surface area contributed by atoms with Gasteiger partial charge < -0.3 is 24.7 Å². The summed E-state index contributed by atoms with van der Waals surface area (Å²) >= 11 is 1.64. The van der Waals surface area contributed by atoms with Crippen LogP contribution in [0.1, 0.15) is 32.5 Å². The Morgan fingerprint density at radius 2 is 2.00 bits per heavy atom. The van der Waals surface area contributed by atoms with E-state index in [-0.39, 0.29) is 24.0 Å². The number of guanidine groups is 1. The highest BCUT2D eigenvalue weighted by Gasteiger charge is 2.13. The number of halogens is 1. The number of benzene rings is 1. The molecule has 2 heterocycles. The molecule has 2 aromatic rings. The van der Waals surface area contributed by atoms with Crippen molar-refractivity contribution in [1.29, 1.82) is 0 Å². The highest BCUT2D eigenvalue weighted by molar-refractivity contribution is 14.0. The number of ether oxygens (including phenoxy) is 2. The molecule has 3 rings (SSSR count). The molecule has 31 heavy (non-hydrogen) atoms. The quantitative estimate of drug-likeness (QED) is 0.166. The van der Waals surface area contributed by atoms with Gasteiger partial charge in [0.25, 0.3) is 0 Å². The van der Waals surface area contributed by atoms with Crippen molar-refractivity contribution in [2.24, 2.45) is 10.9 Å². The molecular formula is C21H33IN6O2S. The molecule has 10 heteroatoms. The molecule has 0 spiro atoms. The largest absolute Gasteiger partial charge is 0.490 e. The Morgan fingerprint density at radius 3 is 2.71 bits per heavy atom. The lowest BCUT2D eigenvalue weighted by Crippen LogP contribution is -2.31. The smallest absolute Gasteiger partial charge is 0.195 e. The Hall–Kier alpha value is -1.69. The molecular weight excluding hydrogens is 527 g/mol. The molecule has 2 N–H and O–H groups in total. The predicted molar refractivity (Wildman–Crippen MR) is 137 cm³/mol. The third kappa shape index (κ3) is 7.44. The summed E-state index contributed by atoms with van der Waals surface area (Å²) in [6, 6.07) is 5.85. The van der Waals surface area contributed by atoms with Crippen LogP contribution >= 0.6 is 35.7 Å². The molecule has 0 unspecified atom stereocenters. The van der Waals surface area contributed by atoms with Gasteiger partial charge >= 0.3 is 0 Å². The molecule has 1 aromatic carbocycles. The standard InChI is InChI=1S/C21H32N6O2S.HI/c1-15(2)14-27-19(25-26-21(27)30-4)7-5-10-23-20(22-3)24-16-8-9-17-18(13-16)29-12-6-11-28-17;/h8-9,13,15H,5-7,10-12,14H2,1-4H3,(H2,22,23,24);1H. The summed E-state index contributed by atoms with van der Waals surface area (Å²) in [5.74, 6) is 3.87. The Labute approximate surface area is 206 Å². The maximum atomic E-state index is 5.76. The van der Waals surface area contributed by atoms with E-state index in [2.05, 4.69) is 44.2 Å². The van der Waals surface area contributed by atoms with Gasteiger partial charge in [-0.25, -0.2) is 0 Å².